The average Bonchev–Trinajstić information content (AvgIpc) is 3.16. The molecule has 0 N–H and O–H groups in total. The lowest BCUT2D eigenvalue weighted by molar-refractivity contribution is -0.136. The molecule has 0 saturated carbocycles. The predicted molar refractivity (Wildman–Crippen MR) is 82.6 cm³/mol. The van der Waals surface area contributed by atoms with Crippen molar-refractivity contribution in [1.29, 1.82) is 0 Å². The van der Waals surface area contributed by atoms with Gasteiger partial charge in [0.25, 0.3) is 0 Å². The number of halogens is 1. The molecule has 1 aromatic rings. The Hall–Kier alpha value is -0.620. The van der Waals surface area contributed by atoms with Crippen molar-refractivity contribution in [2.45, 2.75) is 32.0 Å². The van der Waals surface area contributed by atoms with Crippen LogP contribution in [0.2, 0.25) is 4.34 Å². The number of hydrogen-bond acceptors (Lipinski definition) is 4. The molecule has 0 aromatic carbocycles. The van der Waals surface area contributed by atoms with Crippen LogP contribution in [0.3, 0.4) is 0 Å². The molecule has 0 spiro atoms. The summed E-state index contributed by atoms with van der Waals surface area (Å²) in [4.78, 5) is 15.4. The molecule has 0 radical (unpaired) electrons. The maximum absolute atomic E-state index is 12.2. The van der Waals surface area contributed by atoms with Crippen LogP contribution in [-0.2, 0) is 20.7 Å². The van der Waals surface area contributed by atoms with Gasteiger partial charge in [0, 0.05) is 30.3 Å². The zero-order valence-electron chi connectivity index (χ0n) is 11.9. The van der Waals surface area contributed by atoms with Crippen molar-refractivity contribution in [3.05, 3.63) is 21.3 Å². The number of aryl methyl sites for hydroxylation is 1. The molecule has 1 amide bonds. The highest BCUT2D eigenvalue weighted by Gasteiger charge is 2.31. The summed E-state index contributed by atoms with van der Waals surface area (Å²) in [5.74, 6) is 0.680. The third-order valence-electron chi connectivity index (χ3n) is 4.14. The minimum Gasteiger partial charge on any atom is -0.350 e. The Morgan fingerprint density at radius 2 is 2.00 bits per heavy atom. The Labute approximate surface area is 134 Å². The number of nitrogens with zero attached hydrogens (tertiary/aromatic N) is 1. The van der Waals surface area contributed by atoms with Crippen LogP contribution in [-0.4, -0.2) is 43.4 Å². The number of rotatable bonds is 4. The standard InChI is InChI=1S/C15H20ClNO3S/c16-13-3-1-12(21-13)2-4-14(18)17-7-5-11(6-8-17)15-19-9-10-20-15/h1,3,11,15H,2,4-10H2. The van der Waals surface area contributed by atoms with Gasteiger partial charge in [0.2, 0.25) is 5.91 Å². The summed E-state index contributed by atoms with van der Waals surface area (Å²) < 4.78 is 11.9. The monoisotopic (exact) mass is 329 g/mol. The normalized spacial score (nSPS) is 21.1. The van der Waals surface area contributed by atoms with Crippen LogP contribution in [0.5, 0.6) is 0 Å². The molecule has 0 atom stereocenters. The van der Waals surface area contributed by atoms with Gasteiger partial charge in [-0.15, -0.1) is 11.3 Å². The van der Waals surface area contributed by atoms with E-state index >= 15 is 0 Å². The Morgan fingerprint density at radius 1 is 1.29 bits per heavy atom. The Bertz CT molecular complexity index is 479. The molecule has 2 saturated heterocycles. The Morgan fingerprint density at radius 3 is 2.62 bits per heavy atom. The third-order valence-corrected chi connectivity index (χ3v) is 5.43. The van der Waals surface area contributed by atoms with E-state index in [1.54, 1.807) is 11.3 Å². The van der Waals surface area contributed by atoms with Crippen LogP contribution in [0, 0.1) is 5.92 Å². The summed E-state index contributed by atoms with van der Waals surface area (Å²) in [5, 5.41) is 0. The quantitative estimate of drug-likeness (QED) is 0.852. The largest absolute Gasteiger partial charge is 0.350 e. The van der Waals surface area contributed by atoms with Crippen LogP contribution in [0.1, 0.15) is 24.1 Å². The number of carbonyl (C=O) groups excluding carboxylic acids is 1. The number of amides is 1. The van der Waals surface area contributed by atoms with E-state index in [1.807, 2.05) is 17.0 Å². The van der Waals surface area contributed by atoms with Gasteiger partial charge in [0.05, 0.1) is 17.6 Å². The van der Waals surface area contributed by atoms with Gasteiger partial charge in [-0.05, 0) is 31.4 Å². The van der Waals surface area contributed by atoms with E-state index in [2.05, 4.69) is 0 Å². The molecule has 2 aliphatic rings. The number of carbonyl (C=O) groups is 1. The van der Waals surface area contributed by atoms with Crippen LogP contribution in [0.4, 0.5) is 0 Å². The van der Waals surface area contributed by atoms with Crippen molar-refractivity contribution < 1.29 is 14.3 Å². The van der Waals surface area contributed by atoms with Gasteiger partial charge in [-0.2, -0.15) is 0 Å². The molecule has 2 fully saturated rings. The maximum Gasteiger partial charge on any atom is 0.222 e. The summed E-state index contributed by atoms with van der Waals surface area (Å²) in [6, 6.07) is 3.89. The first-order valence-electron chi connectivity index (χ1n) is 7.47. The number of hydrogen-bond donors (Lipinski definition) is 0. The summed E-state index contributed by atoms with van der Waals surface area (Å²) in [6.07, 6.45) is 3.25. The Balaban J connectivity index is 1.42. The highest BCUT2D eigenvalue weighted by Crippen LogP contribution is 2.27. The lowest BCUT2D eigenvalue weighted by Gasteiger charge is -2.33. The van der Waals surface area contributed by atoms with Crippen molar-refractivity contribution in [3.8, 4) is 0 Å². The van der Waals surface area contributed by atoms with Crippen LogP contribution in [0.15, 0.2) is 12.1 Å². The number of thiophene rings is 1. The molecule has 21 heavy (non-hydrogen) atoms. The molecule has 0 unspecified atom stereocenters. The fraction of sp³-hybridized carbons (Fsp3) is 0.667. The third kappa shape index (κ3) is 3.97. The highest BCUT2D eigenvalue weighted by atomic mass is 35.5. The molecular weight excluding hydrogens is 310 g/mol. The van der Waals surface area contributed by atoms with Gasteiger partial charge >= 0.3 is 0 Å². The van der Waals surface area contributed by atoms with Crippen molar-refractivity contribution >= 4 is 28.8 Å². The Kier molecular flexibility index (Phi) is 5.16. The zero-order chi connectivity index (χ0) is 14.7. The van der Waals surface area contributed by atoms with Gasteiger partial charge in [-0.1, -0.05) is 11.6 Å². The van der Waals surface area contributed by atoms with Crippen LogP contribution < -0.4 is 0 Å². The SMILES string of the molecule is O=C(CCc1ccc(Cl)s1)N1CCC(C2OCCO2)CC1. The molecule has 1 aromatic heterocycles. The molecule has 6 heteroatoms. The van der Waals surface area contributed by atoms with E-state index in [0.29, 0.717) is 25.6 Å². The van der Waals surface area contributed by atoms with E-state index < -0.39 is 0 Å². The second-order valence-corrected chi connectivity index (χ2v) is 7.33. The van der Waals surface area contributed by atoms with Gasteiger partial charge in [-0.3, -0.25) is 4.79 Å². The van der Waals surface area contributed by atoms with E-state index in [0.717, 1.165) is 36.7 Å². The van der Waals surface area contributed by atoms with Gasteiger partial charge in [-0.25, -0.2) is 0 Å². The molecular formula is C15H20ClNO3S. The minimum atomic E-state index is -0.0458. The summed E-state index contributed by atoms with van der Waals surface area (Å²) in [5.41, 5.74) is 0. The highest BCUT2D eigenvalue weighted by molar-refractivity contribution is 7.16. The minimum absolute atomic E-state index is 0.0458. The van der Waals surface area contributed by atoms with Crippen molar-refractivity contribution in [2.24, 2.45) is 5.92 Å². The van der Waals surface area contributed by atoms with Crippen molar-refractivity contribution in [2.75, 3.05) is 26.3 Å². The first kappa shape index (κ1) is 15.3. The lowest BCUT2D eigenvalue weighted by Crippen LogP contribution is -2.41. The lowest BCUT2D eigenvalue weighted by atomic mass is 9.96. The molecule has 4 nitrogen and oxygen atoms in total. The topological polar surface area (TPSA) is 38.8 Å². The second kappa shape index (κ2) is 7.09. The zero-order valence-corrected chi connectivity index (χ0v) is 13.5. The summed E-state index contributed by atoms with van der Waals surface area (Å²) in [6.45, 7) is 3.04. The fourth-order valence-electron chi connectivity index (χ4n) is 2.94. The van der Waals surface area contributed by atoms with E-state index in [9.17, 15) is 4.79 Å². The molecule has 0 aliphatic carbocycles. The van der Waals surface area contributed by atoms with E-state index in [4.69, 9.17) is 21.1 Å². The average molecular weight is 330 g/mol. The first-order chi connectivity index (χ1) is 10.2. The van der Waals surface area contributed by atoms with E-state index in [1.165, 1.54) is 4.88 Å². The molecule has 3 rings (SSSR count). The first-order valence-corrected chi connectivity index (χ1v) is 8.67. The van der Waals surface area contributed by atoms with Crippen molar-refractivity contribution in [1.82, 2.24) is 4.90 Å². The number of ether oxygens (including phenoxy) is 2. The van der Waals surface area contributed by atoms with Gasteiger partial charge in [0.1, 0.15) is 0 Å². The number of likely N-dealkylation sites (tertiary alicyclic amines) is 1. The summed E-state index contributed by atoms with van der Waals surface area (Å²) in [7, 11) is 0. The number of piperidine rings is 1. The maximum atomic E-state index is 12.2. The van der Waals surface area contributed by atoms with Crippen LogP contribution >= 0.6 is 22.9 Å². The van der Waals surface area contributed by atoms with Crippen LogP contribution in [0.25, 0.3) is 0 Å². The molecule has 0 bridgehead atoms. The predicted octanol–water partition coefficient (Wildman–Crippen LogP) is 2.95. The summed E-state index contributed by atoms with van der Waals surface area (Å²) >= 11 is 7.46. The molecule has 116 valence electrons. The molecule has 2 aliphatic heterocycles. The fourth-order valence-corrected chi connectivity index (χ4v) is 4.03. The molecule has 3 heterocycles. The van der Waals surface area contributed by atoms with Crippen molar-refractivity contribution in [3.63, 3.8) is 0 Å². The van der Waals surface area contributed by atoms with Gasteiger partial charge in [0.15, 0.2) is 6.29 Å². The van der Waals surface area contributed by atoms with E-state index in [-0.39, 0.29) is 12.2 Å². The smallest absolute Gasteiger partial charge is 0.222 e. The van der Waals surface area contributed by atoms with Gasteiger partial charge < -0.3 is 14.4 Å². The second-order valence-electron chi connectivity index (χ2n) is 5.53.